The number of carbonyl (C=O) groups excluding carboxylic acids is 1. The summed E-state index contributed by atoms with van der Waals surface area (Å²) in [6.07, 6.45) is 1.79. The maximum absolute atomic E-state index is 12.6. The largest absolute Gasteiger partial charge is 0.496 e. The molecule has 5 nitrogen and oxygen atoms in total. The van der Waals surface area contributed by atoms with Crippen molar-refractivity contribution in [3.63, 3.8) is 0 Å². The van der Waals surface area contributed by atoms with Crippen LogP contribution in [-0.2, 0) is 0 Å². The Labute approximate surface area is 170 Å². The average molecular weight is 420 g/mol. The zero-order chi connectivity index (χ0) is 18.8. The Kier molecular flexibility index (Phi) is 5.43. The van der Waals surface area contributed by atoms with Crippen LogP contribution >= 0.6 is 34.3 Å². The van der Waals surface area contributed by atoms with E-state index in [1.807, 2.05) is 29.2 Å². The number of likely N-dealkylation sites (tertiary alicyclic amines) is 1. The standard InChI is InChI=1S/C19H18ClN3O2S2/c1-25-14-5-3-2-4-13(14)18-22-21-17(27-18)12-8-10-23(11-9-12)19(24)15-6-7-16(20)26-15/h2-7,12H,8-11H2,1H3. The van der Waals surface area contributed by atoms with Crippen molar-refractivity contribution in [1.29, 1.82) is 0 Å². The van der Waals surface area contributed by atoms with Crippen LogP contribution in [0.5, 0.6) is 5.75 Å². The number of benzene rings is 1. The molecular formula is C19H18ClN3O2S2. The molecule has 1 fully saturated rings. The molecule has 1 amide bonds. The van der Waals surface area contributed by atoms with Crippen LogP contribution in [0.4, 0.5) is 0 Å². The van der Waals surface area contributed by atoms with Gasteiger partial charge in [0.15, 0.2) is 5.01 Å². The van der Waals surface area contributed by atoms with Gasteiger partial charge in [0.25, 0.3) is 5.91 Å². The molecule has 140 valence electrons. The van der Waals surface area contributed by atoms with E-state index in [1.54, 1.807) is 30.6 Å². The second-order valence-corrected chi connectivity index (χ2v) is 9.04. The highest BCUT2D eigenvalue weighted by atomic mass is 35.5. The predicted octanol–water partition coefficient (Wildman–Crippen LogP) is 4.95. The molecule has 1 aliphatic heterocycles. The van der Waals surface area contributed by atoms with E-state index in [4.69, 9.17) is 16.3 Å². The van der Waals surface area contributed by atoms with Gasteiger partial charge in [-0.15, -0.1) is 21.5 Å². The lowest BCUT2D eigenvalue weighted by Crippen LogP contribution is -2.37. The number of aromatic nitrogens is 2. The number of carbonyl (C=O) groups is 1. The van der Waals surface area contributed by atoms with Crippen molar-refractivity contribution in [3.8, 4) is 16.3 Å². The van der Waals surface area contributed by atoms with Crippen molar-refractivity contribution < 1.29 is 9.53 Å². The number of thiophene rings is 1. The van der Waals surface area contributed by atoms with Gasteiger partial charge >= 0.3 is 0 Å². The van der Waals surface area contributed by atoms with E-state index in [-0.39, 0.29) is 5.91 Å². The topological polar surface area (TPSA) is 55.3 Å². The molecule has 0 saturated carbocycles. The molecule has 4 rings (SSSR count). The first-order valence-electron chi connectivity index (χ1n) is 8.67. The number of nitrogens with zero attached hydrogens (tertiary/aromatic N) is 3. The number of methoxy groups -OCH3 is 1. The normalized spacial score (nSPS) is 15.1. The minimum absolute atomic E-state index is 0.0670. The summed E-state index contributed by atoms with van der Waals surface area (Å²) in [5.74, 6) is 1.20. The van der Waals surface area contributed by atoms with E-state index >= 15 is 0 Å². The van der Waals surface area contributed by atoms with Gasteiger partial charge in [-0.2, -0.15) is 0 Å². The highest BCUT2D eigenvalue weighted by Gasteiger charge is 2.27. The number of hydrogen-bond acceptors (Lipinski definition) is 6. The molecule has 0 unspecified atom stereocenters. The van der Waals surface area contributed by atoms with Crippen molar-refractivity contribution in [1.82, 2.24) is 15.1 Å². The van der Waals surface area contributed by atoms with Crippen molar-refractivity contribution in [2.24, 2.45) is 0 Å². The molecule has 2 aromatic heterocycles. The summed E-state index contributed by atoms with van der Waals surface area (Å²) in [4.78, 5) is 15.2. The third-order valence-corrected chi connectivity index (χ3v) is 7.03. The second kappa shape index (κ2) is 7.96. The van der Waals surface area contributed by atoms with Gasteiger partial charge in [-0.05, 0) is 37.1 Å². The second-order valence-electron chi connectivity index (χ2n) is 6.32. The quantitative estimate of drug-likeness (QED) is 0.600. The van der Waals surface area contributed by atoms with E-state index in [0.29, 0.717) is 15.1 Å². The van der Waals surface area contributed by atoms with Crippen LogP contribution in [0.2, 0.25) is 4.34 Å². The Morgan fingerprint density at radius 3 is 2.63 bits per heavy atom. The van der Waals surface area contributed by atoms with Crippen LogP contribution in [0.15, 0.2) is 36.4 Å². The number of hydrogen-bond donors (Lipinski definition) is 0. The van der Waals surface area contributed by atoms with Crippen molar-refractivity contribution in [2.75, 3.05) is 20.2 Å². The summed E-state index contributed by atoms with van der Waals surface area (Å²) < 4.78 is 6.07. The Hall–Kier alpha value is -1.96. The molecule has 27 heavy (non-hydrogen) atoms. The molecule has 0 N–H and O–H groups in total. The Morgan fingerprint density at radius 1 is 1.15 bits per heavy atom. The van der Waals surface area contributed by atoms with Gasteiger partial charge in [-0.3, -0.25) is 4.79 Å². The van der Waals surface area contributed by atoms with Crippen molar-refractivity contribution in [3.05, 3.63) is 50.6 Å². The summed E-state index contributed by atoms with van der Waals surface area (Å²) in [5, 5.41) is 10.7. The molecule has 0 spiro atoms. The number of rotatable bonds is 4. The number of ether oxygens (including phenoxy) is 1. The molecule has 0 aliphatic carbocycles. The zero-order valence-corrected chi connectivity index (χ0v) is 17.1. The maximum atomic E-state index is 12.6. The lowest BCUT2D eigenvalue weighted by molar-refractivity contribution is 0.0718. The van der Waals surface area contributed by atoms with Gasteiger partial charge < -0.3 is 9.64 Å². The van der Waals surface area contributed by atoms with Gasteiger partial charge in [-0.1, -0.05) is 35.1 Å². The highest BCUT2D eigenvalue weighted by Crippen LogP contribution is 2.37. The molecular weight excluding hydrogens is 402 g/mol. The van der Waals surface area contributed by atoms with E-state index in [9.17, 15) is 4.79 Å². The van der Waals surface area contributed by atoms with Gasteiger partial charge in [0.05, 0.1) is 21.9 Å². The van der Waals surface area contributed by atoms with Crippen molar-refractivity contribution in [2.45, 2.75) is 18.8 Å². The van der Waals surface area contributed by atoms with Crippen LogP contribution in [0.25, 0.3) is 10.6 Å². The van der Waals surface area contributed by atoms with E-state index in [2.05, 4.69) is 10.2 Å². The molecule has 0 atom stereocenters. The number of amides is 1. The molecule has 8 heteroatoms. The van der Waals surface area contributed by atoms with Crippen LogP contribution in [0, 0.1) is 0 Å². The SMILES string of the molecule is COc1ccccc1-c1nnc(C2CCN(C(=O)c3ccc(Cl)s3)CC2)s1. The number of para-hydroxylation sites is 1. The molecule has 0 radical (unpaired) electrons. The van der Waals surface area contributed by atoms with Crippen LogP contribution in [-0.4, -0.2) is 41.2 Å². The van der Waals surface area contributed by atoms with Crippen LogP contribution in [0.3, 0.4) is 0 Å². The Bertz CT molecular complexity index is 948. The lowest BCUT2D eigenvalue weighted by atomic mass is 9.97. The number of piperidine rings is 1. The minimum Gasteiger partial charge on any atom is -0.496 e. The molecule has 3 aromatic rings. The van der Waals surface area contributed by atoms with Crippen molar-refractivity contribution >= 4 is 40.2 Å². The molecule has 1 saturated heterocycles. The third-order valence-electron chi connectivity index (χ3n) is 4.69. The Morgan fingerprint density at radius 2 is 1.93 bits per heavy atom. The first-order chi connectivity index (χ1) is 13.2. The highest BCUT2D eigenvalue weighted by molar-refractivity contribution is 7.18. The smallest absolute Gasteiger partial charge is 0.263 e. The lowest BCUT2D eigenvalue weighted by Gasteiger charge is -2.30. The molecule has 1 aromatic carbocycles. The van der Waals surface area contributed by atoms with Gasteiger partial charge in [0.2, 0.25) is 0 Å². The molecule has 0 bridgehead atoms. The van der Waals surface area contributed by atoms with Gasteiger partial charge in [-0.25, -0.2) is 0 Å². The first-order valence-corrected chi connectivity index (χ1v) is 10.7. The van der Waals surface area contributed by atoms with Crippen LogP contribution < -0.4 is 4.74 Å². The predicted molar refractivity (Wildman–Crippen MR) is 109 cm³/mol. The van der Waals surface area contributed by atoms with Gasteiger partial charge in [0, 0.05) is 19.0 Å². The summed E-state index contributed by atoms with van der Waals surface area (Å²) in [5.41, 5.74) is 0.964. The van der Waals surface area contributed by atoms with Gasteiger partial charge in [0.1, 0.15) is 10.8 Å². The third kappa shape index (κ3) is 3.85. The van der Waals surface area contributed by atoms with E-state index in [0.717, 1.165) is 47.3 Å². The van der Waals surface area contributed by atoms with E-state index < -0.39 is 0 Å². The summed E-state index contributed by atoms with van der Waals surface area (Å²) in [6.45, 7) is 1.45. The Balaban J connectivity index is 1.43. The summed E-state index contributed by atoms with van der Waals surface area (Å²) in [7, 11) is 1.66. The fraction of sp³-hybridized carbons (Fsp3) is 0.316. The molecule has 3 heterocycles. The molecule has 1 aliphatic rings. The summed E-state index contributed by atoms with van der Waals surface area (Å²) in [6, 6.07) is 11.4. The fourth-order valence-corrected chi connectivity index (χ4v) is 5.30. The summed E-state index contributed by atoms with van der Waals surface area (Å²) >= 11 is 8.89. The van der Waals surface area contributed by atoms with E-state index in [1.165, 1.54) is 11.3 Å². The fourth-order valence-electron chi connectivity index (χ4n) is 3.24. The maximum Gasteiger partial charge on any atom is 0.263 e. The average Bonchev–Trinajstić information content (AvgIpc) is 3.37. The number of halogens is 1. The zero-order valence-electron chi connectivity index (χ0n) is 14.7. The van der Waals surface area contributed by atoms with Crippen LogP contribution in [0.1, 0.15) is 33.4 Å². The monoisotopic (exact) mass is 419 g/mol. The minimum atomic E-state index is 0.0670. The first kappa shape index (κ1) is 18.4.